The van der Waals surface area contributed by atoms with E-state index in [2.05, 4.69) is 22.1 Å². The first-order chi connectivity index (χ1) is 9.60. The number of anilines is 1. The Bertz CT molecular complexity index is 701. The summed E-state index contributed by atoms with van der Waals surface area (Å²) in [5, 5.41) is 12.1. The van der Waals surface area contributed by atoms with Crippen molar-refractivity contribution in [2.75, 3.05) is 11.9 Å². The van der Waals surface area contributed by atoms with Gasteiger partial charge in [0.1, 0.15) is 6.61 Å². The van der Waals surface area contributed by atoms with Crippen LogP contribution < -0.4 is 5.32 Å². The summed E-state index contributed by atoms with van der Waals surface area (Å²) in [4.78, 5) is 16.8. The van der Waals surface area contributed by atoms with Crippen LogP contribution in [0, 0.1) is 18.8 Å². The number of hydrogen-bond acceptors (Lipinski definition) is 4. The monoisotopic (exact) mass is 306 g/mol. The Kier molecular flexibility index (Phi) is 4.74. The van der Waals surface area contributed by atoms with Gasteiger partial charge in [-0.2, -0.15) is 0 Å². The van der Waals surface area contributed by atoms with Crippen molar-refractivity contribution in [3.63, 3.8) is 0 Å². The van der Waals surface area contributed by atoms with E-state index in [4.69, 9.17) is 16.7 Å². The average Bonchev–Trinajstić information content (AvgIpc) is 2.83. The number of carbonyl (C=O) groups excluding carboxylic acids is 1. The van der Waals surface area contributed by atoms with Crippen LogP contribution in [0.3, 0.4) is 0 Å². The molecule has 102 valence electrons. The lowest BCUT2D eigenvalue weighted by Crippen LogP contribution is -2.12. The Labute approximate surface area is 125 Å². The highest BCUT2D eigenvalue weighted by atomic mass is 35.5. The van der Waals surface area contributed by atoms with E-state index in [-0.39, 0.29) is 12.5 Å². The quantitative estimate of drug-likeness (QED) is 0.839. The minimum absolute atomic E-state index is 0.210. The summed E-state index contributed by atoms with van der Waals surface area (Å²) in [5.74, 6) is 4.93. The number of aliphatic hydroxyl groups is 1. The molecular formula is C14H11ClN2O2S. The van der Waals surface area contributed by atoms with E-state index >= 15 is 0 Å². The van der Waals surface area contributed by atoms with E-state index < -0.39 is 0 Å². The lowest BCUT2D eigenvalue weighted by Gasteiger charge is -2.04. The topological polar surface area (TPSA) is 62.2 Å². The van der Waals surface area contributed by atoms with Crippen LogP contribution in [0.15, 0.2) is 24.4 Å². The fraction of sp³-hybridized carbons (Fsp3) is 0.143. The van der Waals surface area contributed by atoms with Crippen molar-refractivity contribution in [3.05, 3.63) is 45.4 Å². The number of thiazole rings is 1. The van der Waals surface area contributed by atoms with Crippen LogP contribution in [-0.2, 0) is 0 Å². The Hall–Kier alpha value is -1.87. The molecule has 0 aliphatic rings. The van der Waals surface area contributed by atoms with Crippen molar-refractivity contribution in [1.29, 1.82) is 0 Å². The summed E-state index contributed by atoms with van der Waals surface area (Å²) in [6.07, 6.45) is 1.54. The standard InChI is InChI=1S/C14H11ClN2O2S/c1-9-4-5-11(12(15)7-9)13(19)17-14-16-8-10(20-14)3-2-6-18/h4-5,7-8,18H,6H2,1H3,(H,16,17,19). The van der Waals surface area contributed by atoms with Crippen molar-refractivity contribution in [3.8, 4) is 11.8 Å². The molecule has 1 aromatic heterocycles. The third-order valence-electron chi connectivity index (χ3n) is 2.39. The number of rotatable bonds is 2. The van der Waals surface area contributed by atoms with E-state index in [0.29, 0.717) is 20.6 Å². The van der Waals surface area contributed by atoms with Crippen LogP contribution >= 0.6 is 22.9 Å². The molecule has 0 radical (unpaired) electrons. The summed E-state index contributed by atoms with van der Waals surface area (Å²) in [6.45, 7) is 1.69. The minimum atomic E-state index is -0.314. The predicted molar refractivity (Wildman–Crippen MR) is 80.2 cm³/mol. The molecule has 0 aliphatic heterocycles. The summed E-state index contributed by atoms with van der Waals surface area (Å²) in [6, 6.07) is 5.23. The molecule has 1 heterocycles. The van der Waals surface area contributed by atoms with Gasteiger partial charge >= 0.3 is 0 Å². The first-order valence-corrected chi connectivity index (χ1v) is 6.92. The van der Waals surface area contributed by atoms with Crippen LogP contribution in [0.5, 0.6) is 0 Å². The summed E-state index contributed by atoms with van der Waals surface area (Å²) in [5.41, 5.74) is 1.39. The molecule has 0 fully saturated rings. The Morgan fingerprint density at radius 3 is 3.05 bits per heavy atom. The van der Waals surface area contributed by atoms with Gasteiger partial charge in [0.2, 0.25) is 0 Å². The molecule has 0 aliphatic carbocycles. The Morgan fingerprint density at radius 1 is 1.55 bits per heavy atom. The number of nitrogens with zero attached hydrogens (tertiary/aromatic N) is 1. The van der Waals surface area contributed by atoms with Gasteiger partial charge in [-0.15, -0.1) is 0 Å². The average molecular weight is 307 g/mol. The first kappa shape index (κ1) is 14.5. The van der Waals surface area contributed by atoms with Gasteiger partial charge in [0, 0.05) is 0 Å². The molecule has 0 spiro atoms. The second kappa shape index (κ2) is 6.53. The van der Waals surface area contributed by atoms with E-state index in [1.807, 2.05) is 13.0 Å². The van der Waals surface area contributed by atoms with Gasteiger partial charge in [-0.1, -0.05) is 40.8 Å². The predicted octanol–water partition coefficient (Wildman–Crippen LogP) is 2.70. The van der Waals surface area contributed by atoms with E-state index in [1.54, 1.807) is 18.3 Å². The van der Waals surface area contributed by atoms with Gasteiger partial charge in [-0.25, -0.2) is 4.98 Å². The van der Waals surface area contributed by atoms with Crippen LogP contribution in [-0.4, -0.2) is 22.6 Å². The maximum atomic E-state index is 12.1. The van der Waals surface area contributed by atoms with Crippen LogP contribution in [0.1, 0.15) is 20.8 Å². The normalized spacial score (nSPS) is 9.75. The molecule has 0 bridgehead atoms. The minimum Gasteiger partial charge on any atom is -0.384 e. The molecule has 20 heavy (non-hydrogen) atoms. The highest BCUT2D eigenvalue weighted by molar-refractivity contribution is 7.16. The van der Waals surface area contributed by atoms with Crippen molar-refractivity contribution >= 4 is 34.0 Å². The molecule has 0 saturated carbocycles. The molecule has 2 aromatic rings. The van der Waals surface area contributed by atoms with Crippen LogP contribution in [0.2, 0.25) is 5.02 Å². The third kappa shape index (κ3) is 3.58. The zero-order chi connectivity index (χ0) is 14.5. The van der Waals surface area contributed by atoms with Gasteiger partial charge in [0.25, 0.3) is 5.91 Å². The van der Waals surface area contributed by atoms with Gasteiger partial charge in [-0.05, 0) is 24.6 Å². The summed E-state index contributed by atoms with van der Waals surface area (Å²) >= 11 is 7.27. The Balaban J connectivity index is 2.13. The maximum absolute atomic E-state index is 12.1. The van der Waals surface area contributed by atoms with Crippen molar-refractivity contribution in [2.24, 2.45) is 0 Å². The number of amides is 1. The van der Waals surface area contributed by atoms with Crippen LogP contribution in [0.25, 0.3) is 0 Å². The Morgan fingerprint density at radius 2 is 2.35 bits per heavy atom. The number of aliphatic hydroxyl groups excluding tert-OH is 1. The summed E-state index contributed by atoms with van der Waals surface area (Å²) in [7, 11) is 0. The molecule has 0 atom stereocenters. The third-order valence-corrected chi connectivity index (χ3v) is 3.53. The molecule has 2 N–H and O–H groups in total. The lowest BCUT2D eigenvalue weighted by atomic mass is 10.1. The van der Waals surface area contributed by atoms with E-state index in [1.165, 1.54) is 11.3 Å². The number of carbonyl (C=O) groups is 1. The largest absolute Gasteiger partial charge is 0.384 e. The molecular weight excluding hydrogens is 296 g/mol. The molecule has 2 rings (SSSR count). The van der Waals surface area contributed by atoms with Crippen molar-refractivity contribution < 1.29 is 9.90 Å². The van der Waals surface area contributed by atoms with Gasteiger partial charge < -0.3 is 5.11 Å². The zero-order valence-electron chi connectivity index (χ0n) is 10.6. The molecule has 6 heteroatoms. The zero-order valence-corrected chi connectivity index (χ0v) is 12.2. The molecule has 0 unspecified atom stereocenters. The molecule has 0 saturated heterocycles. The summed E-state index contributed by atoms with van der Waals surface area (Å²) < 4.78 is 0. The van der Waals surface area contributed by atoms with Crippen molar-refractivity contribution in [1.82, 2.24) is 4.98 Å². The van der Waals surface area contributed by atoms with Gasteiger partial charge in [-0.3, -0.25) is 10.1 Å². The van der Waals surface area contributed by atoms with E-state index in [9.17, 15) is 4.79 Å². The first-order valence-electron chi connectivity index (χ1n) is 5.73. The molecule has 1 amide bonds. The maximum Gasteiger partial charge on any atom is 0.258 e. The van der Waals surface area contributed by atoms with Gasteiger partial charge in [0.15, 0.2) is 5.13 Å². The smallest absolute Gasteiger partial charge is 0.258 e. The highest BCUT2D eigenvalue weighted by Gasteiger charge is 2.12. The van der Waals surface area contributed by atoms with Gasteiger partial charge in [0.05, 0.1) is 21.7 Å². The highest BCUT2D eigenvalue weighted by Crippen LogP contribution is 2.21. The molecule has 4 nitrogen and oxygen atoms in total. The number of nitrogens with one attached hydrogen (secondary N) is 1. The second-order valence-corrected chi connectivity index (χ2v) is 5.36. The number of aryl methyl sites for hydroxylation is 1. The SMILES string of the molecule is Cc1ccc(C(=O)Nc2ncc(C#CCO)s2)c(Cl)c1. The number of halogens is 1. The fourth-order valence-electron chi connectivity index (χ4n) is 1.49. The lowest BCUT2D eigenvalue weighted by molar-refractivity contribution is 0.102. The van der Waals surface area contributed by atoms with Crippen LogP contribution in [0.4, 0.5) is 5.13 Å². The molecule has 1 aromatic carbocycles. The number of aromatic nitrogens is 1. The van der Waals surface area contributed by atoms with Crippen molar-refractivity contribution in [2.45, 2.75) is 6.92 Å². The second-order valence-electron chi connectivity index (χ2n) is 3.93. The number of hydrogen-bond donors (Lipinski definition) is 2. The fourth-order valence-corrected chi connectivity index (χ4v) is 2.49. The number of benzene rings is 1. The van der Waals surface area contributed by atoms with E-state index in [0.717, 1.165) is 5.56 Å².